The minimum Gasteiger partial charge on any atom is -0.350 e. The Labute approximate surface area is 65.7 Å². The Morgan fingerprint density at radius 3 is 2.45 bits per heavy atom. The van der Waals surface area contributed by atoms with Crippen molar-refractivity contribution in [3.05, 3.63) is 0 Å². The summed E-state index contributed by atoms with van der Waals surface area (Å²) in [7, 11) is 0. The number of hydrogen-bond donors (Lipinski definition) is 0. The van der Waals surface area contributed by atoms with Crippen LogP contribution in [0.5, 0.6) is 0 Å². The standard InChI is InChI=1S/C8H12O3/c9-7(6-1-2-6)5-8-10-3-4-11-8/h6,8H,1-5H2. The van der Waals surface area contributed by atoms with Gasteiger partial charge in [0.25, 0.3) is 0 Å². The fraction of sp³-hybridized carbons (Fsp3) is 0.875. The van der Waals surface area contributed by atoms with Gasteiger partial charge in [-0.1, -0.05) is 0 Å². The number of rotatable bonds is 3. The van der Waals surface area contributed by atoms with E-state index in [1.807, 2.05) is 0 Å². The summed E-state index contributed by atoms with van der Waals surface area (Å²) in [6.45, 7) is 1.28. The molecule has 0 radical (unpaired) electrons. The number of hydrogen-bond acceptors (Lipinski definition) is 3. The van der Waals surface area contributed by atoms with Gasteiger partial charge in [0.2, 0.25) is 0 Å². The molecule has 3 heteroatoms. The first-order chi connectivity index (χ1) is 5.36. The van der Waals surface area contributed by atoms with Crippen LogP contribution in [0, 0.1) is 5.92 Å². The van der Waals surface area contributed by atoms with Gasteiger partial charge in [0.05, 0.1) is 19.6 Å². The highest BCUT2D eigenvalue weighted by atomic mass is 16.7. The van der Waals surface area contributed by atoms with Crippen molar-refractivity contribution in [1.29, 1.82) is 0 Å². The first kappa shape index (κ1) is 7.25. The lowest BCUT2D eigenvalue weighted by Crippen LogP contribution is -2.15. The fourth-order valence-electron chi connectivity index (χ4n) is 1.26. The molecule has 62 valence electrons. The number of ether oxygens (including phenoxy) is 2. The van der Waals surface area contributed by atoms with Gasteiger partial charge < -0.3 is 9.47 Å². The average molecular weight is 156 g/mol. The zero-order valence-corrected chi connectivity index (χ0v) is 6.41. The fourth-order valence-corrected chi connectivity index (χ4v) is 1.26. The number of Topliss-reactive ketones (excluding diaryl/α,β-unsaturated/α-hetero) is 1. The monoisotopic (exact) mass is 156 g/mol. The Kier molecular flexibility index (Phi) is 1.92. The molecule has 0 aromatic heterocycles. The van der Waals surface area contributed by atoms with E-state index in [4.69, 9.17) is 9.47 Å². The summed E-state index contributed by atoms with van der Waals surface area (Å²) in [5.74, 6) is 0.653. The minimum atomic E-state index is -0.233. The van der Waals surface area contributed by atoms with Crippen LogP contribution in [0.15, 0.2) is 0 Å². The summed E-state index contributed by atoms with van der Waals surface area (Å²) in [6, 6.07) is 0. The largest absolute Gasteiger partial charge is 0.350 e. The van der Waals surface area contributed by atoms with Crippen LogP contribution >= 0.6 is 0 Å². The van der Waals surface area contributed by atoms with Crippen molar-refractivity contribution in [3.63, 3.8) is 0 Å². The van der Waals surface area contributed by atoms with Crippen LogP contribution in [0.2, 0.25) is 0 Å². The van der Waals surface area contributed by atoms with E-state index in [2.05, 4.69) is 0 Å². The van der Waals surface area contributed by atoms with Crippen LogP contribution in [-0.2, 0) is 14.3 Å². The lowest BCUT2D eigenvalue weighted by atomic mass is 10.2. The number of carbonyl (C=O) groups excluding carboxylic acids is 1. The molecule has 0 unspecified atom stereocenters. The molecule has 0 N–H and O–H groups in total. The lowest BCUT2D eigenvalue weighted by Gasteiger charge is -2.06. The van der Waals surface area contributed by atoms with E-state index in [0.717, 1.165) is 12.8 Å². The summed E-state index contributed by atoms with van der Waals surface area (Å²) in [5, 5.41) is 0. The molecule has 3 nitrogen and oxygen atoms in total. The van der Waals surface area contributed by atoms with Crippen molar-refractivity contribution < 1.29 is 14.3 Å². The summed E-state index contributed by atoms with van der Waals surface area (Å²) in [4.78, 5) is 11.2. The highest BCUT2D eigenvalue weighted by Crippen LogP contribution is 2.31. The van der Waals surface area contributed by atoms with E-state index < -0.39 is 0 Å². The molecule has 11 heavy (non-hydrogen) atoms. The van der Waals surface area contributed by atoms with Gasteiger partial charge >= 0.3 is 0 Å². The van der Waals surface area contributed by atoms with Gasteiger partial charge in [0.1, 0.15) is 5.78 Å². The van der Waals surface area contributed by atoms with Crippen molar-refractivity contribution >= 4 is 5.78 Å². The molecule has 1 heterocycles. The highest BCUT2D eigenvalue weighted by Gasteiger charge is 2.32. The Balaban J connectivity index is 1.74. The maximum atomic E-state index is 11.2. The lowest BCUT2D eigenvalue weighted by molar-refractivity contribution is -0.128. The third kappa shape index (κ3) is 1.79. The second-order valence-corrected chi connectivity index (χ2v) is 3.12. The molecule has 2 aliphatic rings. The maximum Gasteiger partial charge on any atom is 0.164 e. The summed E-state index contributed by atoms with van der Waals surface area (Å²) < 4.78 is 10.3. The second-order valence-electron chi connectivity index (χ2n) is 3.12. The zero-order chi connectivity index (χ0) is 7.68. The Morgan fingerprint density at radius 1 is 1.27 bits per heavy atom. The zero-order valence-electron chi connectivity index (χ0n) is 6.41. The van der Waals surface area contributed by atoms with Crippen molar-refractivity contribution in [1.82, 2.24) is 0 Å². The molecule has 0 spiro atoms. The normalized spacial score (nSPS) is 25.8. The van der Waals surface area contributed by atoms with Crippen molar-refractivity contribution in [2.45, 2.75) is 25.6 Å². The molecule has 2 rings (SSSR count). The van der Waals surface area contributed by atoms with Crippen LogP contribution in [0.25, 0.3) is 0 Å². The molecule has 1 aliphatic heterocycles. The van der Waals surface area contributed by atoms with Gasteiger partial charge in [-0.05, 0) is 12.8 Å². The molecule has 0 atom stereocenters. The van der Waals surface area contributed by atoms with Gasteiger partial charge in [-0.15, -0.1) is 0 Å². The van der Waals surface area contributed by atoms with Crippen LogP contribution in [0.4, 0.5) is 0 Å². The first-order valence-electron chi connectivity index (χ1n) is 4.12. The van der Waals surface area contributed by atoms with Crippen LogP contribution in [-0.4, -0.2) is 25.3 Å². The van der Waals surface area contributed by atoms with E-state index in [0.29, 0.717) is 31.3 Å². The van der Waals surface area contributed by atoms with Gasteiger partial charge in [-0.2, -0.15) is 0 Å². The molecule has 1 saturated carbocycles. The SMILES string of the molecule is O=C(CC1OCCO1)C1CC1. The van der Waals surface area contributed by atoms with Gasteiger partial charge in [-0.3, -0.25) is 4.79 Å². The highest BCUT2D eigenvalue weighted by molar-refractivity contribution is 5.83. The molecule has 1 saturated heterocycles. The minimum absolute atomic E-state index is 0.233. The summed E-state index contributed by atoms with van der Waals surface area (Å²) in [5.41, 5.74) is 0. The Bertz CT molecular complexity index is 157. The van der Waals surface area contributed by atoms with Crippen molar-refractivity contribution in [2.24, 2.45) is 5.92 Å². The molecular weight excluding hydrogens is 144 g/mol. The molecule has 0 aromatic rings. The van der Waals surface area contributed by atoms with Crippen molar-refractivity contribution in [3.8, 4) is 0 Å². The summed E-state index contributed by atoms with van der Waals surface area (Å²) in [6.07, 6.45) is 2.38. The third-order valence-electron chi connectivity index (χ3n) is 2.09. The average Bonchev–Trinajstić information content (AvgIpc) is 2.73. The van der Waals surface area contributed by atoms with Crippen LogP contribution < -0.4 is 0 Å². The summed E-state index contributed by atoms with van der Waals surface area (Å²) >= 11 is 0. The number of carbonyl (C=O) groups is 1. The molecule has 0 amide bonds. The quantitative estimate of drug-likeness (QED) is 0.604. The number of ketones is 1. The van der Waals surface area contributed by atoms with Crippen LogP contribution in [0.1, 0.15) is 19.3 Å². The Hall–Kier alpha value is -0.410. The Morgan fingerprint density at radius 2 is 1.91 bits per heavy atom. The molecule has 1 aliphatic carbocycles. The predicted molar refractivity (Wildman–Crippen MR) is 38.0 cm³/mol. The van der Waals surface area contributed by atoms with Gasteiger partial charge in [-0.25, -0.2) is 0 Å². The second kappa shape index (κ2) is 2.91. The van der Waals surface area contributed by atoms with Gasteiger partial charge in [0.15, 0.2) is 6.29 Å². The van der Waals surface area contributed by atoms with E-state index in [1.54, 1.807) is 0 Å². The smallest absolute Gasteiger partial charge is 0.164 e. The molecular formula is C8H12O3. The topological polar surface area (TPSA) is 35.5 Å². The van der Waals surface area contributed by atoms with Gasteiger partial charge in [0, 0.05) is 5.92 Å². The van der Waals surface area contributed by atoms with E-state index in [9.17, 15) is 4.79 Å². The van der Waals surface area contributed by atoms with Crippen LogP contribution in [0.3, 0.4) is 0 Å². The predicted octanol–water partition coefficient (Wildman–Crippen LogP) is 0.728. The van der Waals surface area contributed by atoms with E-state index >= 15 is 0 Å². The first-order valence-corrected chi connectivity index (χ1v) is 4.12. The van der Waals surface area contributed by atoms with Crippen molar-refractivity contribution in [2.75, 3.05) is 13.2 Å². The molecule has 2 fully saturated rings. The van der Waals surface area contributed by atoms with E-state index in [1.165, 1.54) is 0 Å². The molecule has 0 bridgehead atoms. The van der Waals surface area contributed by atoms with E-state index in [-0.39, 0.29) is 6.29 Å². The molecule has 0 aromatic carbocycles. The third-order valence-corrected chi connectivity index (χ3v) is 2.09. The maximum absolute atomic E-state index is 11.2.